The normalized spacial score (nSPS) is 15.7. The van der Waals surface area contributed by atoms with Gasteiger partial charge in [-0.15, -0.1) is 0 Å². The SMILES string of the molecule is CCOC=[N+](C)c1ccccc1.[Cl][Sb-]([Cl])([Cl])([Cl])([Cl])[Cl]. The number of rotatable bonds is 3. The first-order valence-electron chi connectivity index (χ1n) is 5.09. The van der Waals surface area contributed by atoms with E-state index in [0.29, 0.717) is 6.61 Å². The minimum absolute atomic E-state index is 0.706. The van der Waals surface area contributed by atoms with Gasteiger partial charge in [0.2, 0.25) is 5.69 Å². The molecule has 0 N–H and O–H groups in total. The van der Waals surface area contributed by atoms with E-state index >= 15 is 0 Å². The summed E-state index contributed by atoms with van der Waals surface area (Å²) in [5, 5.41) is 0. The van der Waals surface area contributed by atoms with Crippen LogP contribution in [-0.2, 0) is 4.74 Å². The Balaban J connectivity index is 0.000000399. The van der Waals surface area contributed by atoms with Crippen LogP contribution in [0.5, 0.6) is 0 Å². The van der Waals surface area contributed by atoms with Crippen LogP contribution < -0.4 is 0 Å². The van der Waals surface area contributed by atoms with Crippen molar-refractivity contribution < 1.29 is 9.31 Å². The van der Waals surface area contributed by atoms with Crippen molar-refractivity contribution >= 4 is 74.2 Å². The summed E-state index contributed by atoms with van der Waals surface area (Å²) in [6, 6.07) is 10.1. The van der Waals surface area contributed by atoms with E-state index in [1.807, 2.05) is 48.9 Å². The van der Waals surface area contributed by atoms with Gasteiger partial charge in [-0.1, -0.05) is 18.2 Å². The number of benzene rings is 1. The van der Waals surface area contributed by atoms with Crippen LogP contribution in [-0.4, -0.2) is 33.8 Å². The fourth-order valence-corrected chi connectivity index (χ4v) is 0.910. The standard InChI is InChI=1S/C10H14NO.6ClH.Sb/c1-3-12-9-11(2)10-7-5-4-6-8-10;;;;;;;/h4-9H,3H2,1-2H3;6*1H;/q+1;;;;;;;+5/p-6. The molecule has 0 unspecified atom stereocenters. The predicted octanol–water partition coefficient (Wildman–Crippen LogP) is 5.78. The van der Waals surface area contributed by atoms with E-state index in [1.54, 1.807) is 6.40 Å². The quantitative estimate of drug-likeness (QED) is 0.223. The molecule has 0 saturated carbocycles. The Hall–Kier alpha value is 1.25. The molecule has 0 amide bonds. The molecule has 0 aliphatic carbocycles. The van der Waals surface area contributed by atoms with E-state index in [1.165, 1.54) is 0 Å². The second-order valence-corrected chi connectivity index (χ2v) is 60.4. The van der Waals surface area contributed by atoms with Crippen molar-refractivity contribution in [3.8, 4) is 0 Å². The fourth-order valence-electron chi connectivity index (χ4n) is 0.910. The third-order valence-corrected chi connectivity index (χ3v) is 1.56. The number of hydrogen-bond donors (Lipinski definition) is 0. The molecule has 0 saturated heterocycles. The molecule has 1 aromatic rings. The van der Waals surface area contributed by atoms with Gasteiger partial charge in [0.1, 0.15) is 7.05 Å². The summed E-state index contributed by atoms with van der Waals surface area (Å²) in [6.45, 7) is 2.67. The summed E-state index contributed by atoms with van der Waals surface area (Å²) in [6.07, 6.45) is 1.72. The maximum atomic E-state index is 5.15. The molecule has 1 aromatic carbocycles. The molecule has 0 aromatic heterocycles. The second-order valence-electron chi connectivity index (χ2n) is 3.47. The molecule has 2 nitrogen and oxygen atoms in total. The van der Waals surface area contributed by atoms with Crippen LogP contribution in [0.4, 0.5) is 5.69 Å². The molecule has 0 fully saturated rings. The average molecular weight is 499 g/mol. The molecule has 0 heterocycles. The molecule has 0 aliphatic rings. The first-order chi connectivity index (χ1) is 8.29. The van der Waals surface area contributed by atoms with Crippen LogP contribution in [0.3, 0.4) is 0 Å². The Morgan fingerprint density at radius 2 is 1.47 bits per heavy atom. The van der Waals surface area contributed by atoms with E-state index < -0.39 is 9.14 Å². The van der Waals surface area contributed by atoms with Gasteiger partial charge in [0, 0.05) is 12.1 Å². The molecule has 19 heavy (non-hydrogen) atoms. The zero-order valence-corrected chi connectivity index (χ0v) is 17.3. The van der Waals surface area contributed by atoms with Crippen LogP contribution in [0.25, 0.3) is 0 Å². The molecular weight excluding hydrogens is 485 g/mol. The topological polar surface area (TPSA) is 12.2 Å². The van der Waals surface area contributed by atoms with E-state index in [0.717, 1.165) is 5.69 Å². The van der Waals surface area contributed by atoms with Crippen molar-refractivity contribution in [1.82, 2.24) is 0 Å². The first kappa shape index (κ1) is 20.2. The van der Waals surface area contributed by atoms with Gasteiger partial charge in [0.25, 0.3) is 0 Å². The molecular formula is C10H14Cl6NOSb. The zero-order chi connectivity index (χ0) is 15.2. The van der Waals surface area contributed by atoms with Gasteiger partial charge in [-0.05, 0) is 6.92 Å². The second kappa shape index (κ2) is 7.01. The molecule has 0 bridgehead atoms. The summed E-state index contributed by atoms with van der Waals surface area (Å²) in [5.74, 6) is 0. The molecule has 112 valence electrons. The van der Waals surface area contributed by atoms with Crippen molar-refractivity contribution in [3.05, 3.63) is 30.3 Å². The van der Waals surface area contributed by atoms with E-state index in [2.05, 4.69) is 0 Å². The van der Waals surface area contributed by atoms with Crippen LogP contribution >= 0.6 is 53.0 Å². The minimum atomic E-state index is -5.42. The van der Waals surface area contributed by atoms with Gasteiger partial charge < -0.3 is 4.74 Å². The van der Waals surface area contributed by atoms with Crippen LogP contribution in [0.1, 0.15) is 6.92 Å². The Kier molecular flexibility index (Phi) is 7.47. The van der Waals surface area contributed by atoms with Gasteiger partial charge in [0.05, 0.1) is 6.61 Å². The van der Waals surface area contributed by atoms with E-state index in [4.69, 9.17) is 57.7 Å². The third-order valence-electron chi connectivity index (χ3n) is 1.56. The van der Waals surface area contributed by atoms with Gasteiger partial charge in [-0.25, -0.2) is 0 Å². The molecule has 0 aliphatic heterocycles. The van der Waals surface area contributed by atoms with Gasteiger partial charge in [-0.3, -0.25) is 0 Å². The van der Waals surface area contributed by atoms with Crippen molar-refractivity contribution in [2.24, 2.45) is 0 Å². The van der Waals surface area contributed by atoms with Gasteiger partial charge >= 0.3 is 68.5 Å². The summed E-state index contributed by atoms with van der Waals surface area (Å²) in [7, 11) is 26.9. The molecule has 1 rings (SSSR count). The Morgan fingerprint density at radius 1 is 1.05 bits per heavy atom. The number of hydrogen-bond acceptors (Lipinski definition) is 1. The molecule has 0 spiro atoms. The van der Waals surface area contributed by atoms with E-state index in [9.17, 15) is 0 Å². The monoisotopic (exact) mass is 495 g/mol. The molecule has 0 atom stereocenters. The van der Waals surface area contributed by atoms with Gasteiger partial charge in [0.15, 0.2) is 0 Å². The van der Waals surface area contributed by atoms with Crippen molar-refractivity contribution in [2.75, 3.05) is 13.7 Å². The van der Waals surface area contributed by atoms with Crippen LogP contribution in [0, 0.1) is 0 Å². The Morgan fingerprint density at radius 3 is 1.84 bits per heavy atom. The number of halogens is 6. The number of para-hydroxylation sites is 1. The first-order valence-corrected chi connectivity index (χ1v) is 24.5. The van der Waals surface area contributed by atoms with Gasteiger partial charge in [-0.2, -0.15) is 4.58 Å². The summed E-state index contributed by atoms with van der Waals surface area (Å²) < 4.78 is 7.10. The molecule has 0 radical (unpaired) electrons. The predicted molar refractivity (Wildman–Crippen MR) is 90.8 cm³/mol. The average Bonchev–Trinajstić information content (AvgIpc) is 2.23. The van der Waals surface area contributed by atoms with E-state index in [-0.39, 0.29) is 0 Å². The summed E-state index contributed by atoms with van der Waals surface area (Å²) in [5.41, 5.74) is 1.13. The Bertz CT molecular complexity index is 416. The zero-order valence-electron chi connectivity index (χ0n) is 10.2. The van der Waals surface area contributed by atoms with Crippen LogP contribution in [0.15, 0.2) is 30.3 Å². The van der Waals surface area contributed by atoms with Crippen molar-refractivity contribution in [1.29, 1.82) is 0 Å². The fraction of sp³-hybridized carbons (Fsp3) is 0.300. The van der Waals surface area contributed by atoms with Crippen molar-refractivity contribution in [3.63, 3.8) is 0 Å². The summed E-state index contributed by atoms with van der Waals surface area (Å²) >= 11 is 0. The number of ether oxygens (including phenoxy) is 1. The third kappa shape index (κ3) is 19.2. The Labute approximate surface area is 133 Å². The number of nitrogens with zero attached hydrogens (tertiary/aromatic N) is 1. The molecule has 9 heteroatoms. The summed E-state index contributed by atoms with van der Waals surface area (Å²) in [4.78, 5) is 0. The maximum absolute atomic E-state index is 5.42. The van der Waals surface area contributed by atoms with Crippen LogP contribution in [0.2, 0.25) is 0 Å². The van der Waals surface area contributed by atoms with Crippen molar-refractivity contribution in [2.45, 2.75) is 6.92 Å².